The molecule has 0 fully saturated rings. The molecule has 2 heterocycles. The number of aromatic nitrogens is 2. The van der Waals surface area contributed by atoms with Gasteiger partial charge in [-0.2, -0.15) is 0 Å². The van der Waals surface area contributed by atoms with Crippen molar-refractivity contribution in [3.63, 3.8) is 0 Å². The van der Waals surface area contributed by atoms with Gasteiger partial charge in [0.15, 0.2) is 0 Å². The zero-order chi connectivity index (χ0) is 14.7. The van der Waals surface area contributed by atoms with Crippen LogP contribution in [0.15, 0.2) is 17.6 Å². The predicted molar refractivity (Wildman–Crippen MR) is 72.0 cm³/mol. The van der Waals surface area contributed by atoms with Crippen molar-refractivity contribution in [2.24, 2.45) is 0 Å². The van der Waals surface area contributed by atoms with Crippen LogP contribution in [0.2, 0.25) is 0 Å². The molecule has 104 valence electrons. The van der Waals surface area contributed by atoms with Gasteiger partial charge in [-0.3, -0.25) is 10.1 Å². The molecule has 0 saturated heterocycles. The molecule has 0 aliphatic carbocycles. The lowest BCUT2D eigenvalue weighted by Gasteiger charge is -2.05. The fourth-order valence-corrected chi connectivity index (χ4v) is 2.12. The highest BCUT2D eigenvalue weighted by Gasteiger charge is 2.18. The fourth-order valence-electron chi connectivity index (χ4n) is 1.51. The molecule has 0 aliphatic rings. The number of aryl methyl sites for hydroxylation is 1. The van der Waals surface area contributed by atoms with Gasteiger partial charge in [0.1, 0.15) is 0 Å². The molecule has 8 nitrogen and oxygen atoms in total. The highest BCUT2D eigenvalue weighted by atomic mass is 32.1. The van der Waals surface area contributed by atoms with Crippen LogP contribution in [0, 0.1) is 17.0 Å². The van der Waals surface area contributed by atoms with Crippen molar-refractivity contribution < 1.29 is 14.8 Å². The second-order valence-electron chi connectivity index (χ2n) is 3.87. The molecule has 2 rings (SSSR count). The quantitative estimate of drug-likeness (QED) is 0.640. The number of rotatable bonds is 5. The molecule has 9 heteroatoms. The molecule has 0 amide bonds. The summed E-state index contributed by atoms with van der Waals surface area (Å²) in [4.78, 5) is 29.0. The highest BCUT2D eigenvalue weighted by molar-refractivity contribution is 7.09. The summed E-state index contributed by atoms with van der Waals surface area (Å²) in [6.45, 7) is 2.14. The molecule has 0 aliphatic heterocycles. The van der Waals surface area contributed by atoms with Crippen LogP contribution in [-0.2, 0) is 6.54 Å². The Kier molecular flexibility index (Phi) is 3.89. The van der Waals surface area contributed by atoms with E-state index in [9.17, 15) is 14.9 Å². The topological polar surface area (TPSA) is 118 Å². The zero-order valence-electron chi connectivity index (χ0n) is 10.4. The number of carbonyl (C=O) groups is 1. The first-order valence-corrected chi connectivity index (χ1v) is 6.38. The van der Waals surface area contributed by atoms with Crippen LogP contribution in [0.25, 0.3) is 0 Å². The minimum absolute atomic E-state index is 0.0191. The Hall–Kier alpha value is -2.55. The fraction of sp³-hybridized carbons (Fsp3) is 0.182. The Balaban J connectivity index is 2.22. The molecule has 20 heavy (non-hydrogen) atoms. The number of hydrogen-bond donors (Lipinski definition) is 2. The number of carboxylic acids is 1. The van der Waals surface area contributed by atoms with E-state index in [1.807, 2.05) is 12.3 Å². The highest BCUT2D eigenvalue weighted by Crippen LogP contribution is 2.23. The van der Waals surface area contributed by atoms with Gasteiger partial charge in [0.25, 0.3) is 0 Å². The average Bonchev–Trinajstić information content (AvgIpc) is 2.81. The summed E-state index contributed by atoms with van der Waals surface area (Å²) < 4.78 is 0. The zero-order valence-corrected chi connectivity index (χ0v) is 11.2. The van der Waals surface area contributed by atoms with Gasteiger partial charge in [-0.25, -0.2) is 14.8 Å². The first-order valence-electron chi connectivity index (χ1n) is 5.50. The maximum absolute atomic E-state index is 10.9. The Labute approximate surface area is 117 Å². The van der Waals surface area contributed by atoms with Crippen LogP contribution < -0.4 is 5.32 Å². The molecule has 2 aromatic rings. The number of anilines is 1. The van der Waals surface area contributed by atoms with Crippen LogP contribution in [0.4, 0.5) is 11.5 Å². The van der Waals surface area contributed by atoms with Gasteiger partial charge in [-0.1, -0.05) is 0 Å². The van der Waals surface area contributed by atoms with Crippen molar-refractivity contribution in [1.29, 1.82) is 0 Å². The van der Waals surface area contributed by atoms with Gasteiger partial charge in [-0.15, -0.1) is 11.3 Å². The summed E-state index contributed by atoms with van der Waals surface area (Å²) in [6.07, 6.45) is 1.07. The molecule has 0 bridgehead atoms. The van der Waals surface area contributed by atoms with Crippen molar-refractivity contribution in [1.82, 2.24) is 9.97 Å². The number of aromatic carboxylic acids is 1. The van der Waals surface area contributed by atoms with E-state index < -0.39 is 10.9 Å². The normalized spacial score (nSPS) is 10.2. The number of thiazole rings is 1. The van der Waals surface area contributed by atoms with Gasteiger partial charge in [0.2, 0.25) is 5.82 Å². The largest absolute Gasteiger partial charge is 0.478 e. The molecule has 0 atom stereocenters. The summed E-state index contributed by atoms with van der Waals surface area (Å²) in [7, 11) is 0. The van der Waals surface area contributed by atoms with Gasteiger partial charge in [-0.05, 0) is 6.92 Å². The summed E-state index contributed by atoms with van der Waals surface area (Å²) in [6, 6.07) is 0.976. The van der Waals surface area contributed by atoms with Gasteiger partial charge >= 0.3 is 11.7 Å². The Morgan fingerprint density at radius 1 is 1.60 bits per heavy atom. The number of nitrogens with one attached hydrogen (secondary N) is 1. The van der Waals surface area contributed by atoms with Crippen LogP contribution in [-0.4, -0.2) is 26.0 Å². The third-order valence-electron chi connectivity index (χ3n) is 2.41. The average molecular weight is 294 g/mol. The van der Waals surface area contributed by atoms with Crippen molar-refractivity contribution in [3.05, 3.63) is 44.0 Å². The summed E-state index contributed by atoms with van der Waals surface area (Å²) in [5.41, 5.74) is 0.134. The molecule has 0 saturated carbocycles. The maximum Gasteiger partial charge on any atom is 0.337 e. The lowest BCUT2D eigenvalue weighted by molar-refractivity contribution is -0.384. The number of nitrogens with zero attached hydrogens (tertiary/aromatic N) is 3. The van der Waals surface area contributed by atoms with E-state index >= 15 is 0 Å². The predicted octanol–water partition coefficient (Wildman–Crippen LogP) is 2.07. The van der Waals surface area contributed by atoms with E-state index in [2.05, 4.69) is 15.3 Å². The number of carboxylic acid groups (broad SMARTS) is 1. The Morgan fingerprint density at radius 2 is 2.35 bits per heavy atom. The smallest absolute Gasteiger partial charge is 0.337 e. The molecule has 0 spiro atoms. The third-order valence-corrected chi connectivity index (χ3v) is 3.24. The number of hydrogen-bond acceptors (Lipinski definition) is 7. The lowest BCUT2D eigenvalue weighted by Crippen LogP contribution is -2.07. The first-order chi connectivity index (χ1) is 9.47. The van der Waals surface area contributed by atoms with E-state index in [0.717, 1.165) is 23.0 Å². The second-order valence-corrected chi connectivity index (χ2v) is 4.93. The van der Waals surface area contributed by atoms with Crippen LogP contribution >= 0.6 is 11.3 Å². The van der Waals surface area contributed by atoms with E-state index in [0.29, 0.717) is 0 Å². The summed E-state index contributed by atoms with van der Waals surface area (Å²) in [5, 5.41) is 25.2. The van der Waals surface area contributed by atoms with Gasteiger partial charge in [0.05, 0.1) is 27.7 Å². The Bertz CT molecular complexity index is 670. The second kappa shape index (κ2) is 5.61. The standard InChI is InChI=1S/C11H10N4O4S/c1-6-14-8(5-20-6)4-13-10-9(15(18)19)2-7(3-12-10)11(16)17/h2-3,5H,4H2,1H3,(H,12,13)(H,16,17). The number of pyridine rings is 1. The lowest BCUT2D eigenvalue weighted by atomic mass is 10.2. The van der Waals surface area contributed by atoms with Crippen molar-refractivity contribution in [3.8, 4) is 0 Å². The van der Waals surface area contributed by atoms with Crippen LogP contribution in [0.1, 0.15) is 21.1 Å². The molecule has 0 radical (unpaired) electrons. The minimum atomic E-state index is -1.26. The van der Waals surface area contributed by atoms with Crippen molar-refractivity contribution in [2.75, 3.05) is 5.32 Å². The number of nitro groups is 1. The monoisotopic (exact) mass is 294 g/mol. The van der Waals surface area contributed by atoms with Crippen LogP contribution in [0.5, 0.6) is 0 Å². The maximum atomic E-state index is 10.9. The third kappa shape index (κ3) is 3.06. The van der Waals surface area contributed by atoms with Crippen molar-refractivity contribution >= 4 is 28.8 Å². The first kappa shape index (κ1) is 13.9. The van der Waals surface area contributed by atoms with E-state index in [1.54, 1.807) is 0 Å². The van der Waals surface area contributed by atoms with Gasteiger partial charge < -0.3 is 10.4 Å². The molecule has 0 aromatic carbocycles. The van der Waals surface area contributed by atoms with Gasteiger partial charge in [0, 0.05) is 17.6 Å². The molecule has 2 aromatic heterocycles. The SMILES string of the molecule is Cc1nc(CNc2ncc(C(=O)O)cc2[N+](=O)[O-])cs1. The van der Waals surface area contributed by atoms with Crippen molar-refractivity contribution in [2.45, 2.75) is 13.5 Å². The molecule has 2 N–H and O–H groups in total. The van der Waals surface area contributed by atoms with Crippen LogP contribution in [0.3, 0.4) is 0 Å². The summed E-state index contributed by atoms with van der Waals surface area (Å²) >= 11 is 1.47. The summed E-state index contributed by atoms with van der Waals surface area (Å²) in [5.74, 6) is -1.24. The molecule has 0 unspecified atom stereocenters. The van der Waals surface area contributed by atoms with E-state index in [4.69, 9.17) is 5.11 Å². The minimum Gasteiger partial charge on any atom is -0.478 e. The van der Waals surface area contributed by atoms with E-state index in [1.165, 1.54) is 11.3 Å². The molecular weight excluding hydrogens is 284 g/mol. The Morgan fingerprint density at radius 3 is 2.90 bits per heavy atom. The van der Waals surface area contributed by atoms with E-state index in [-0.39, 0.29) is 23.6 Å². The molecular formula is C11H10N4O4S.